The van der Waals surface area contributed by atoms with Crippen LogP contribution in [0, 0.1) is 0 Å². The average molecular weight is 243 g/mol. The summed E-state index contributed by atoms with van der Waals surface area (Å²) >= 11 is 0. The minimum atomic E-state index is -0.147. The first-order valence-corrected chi connectivity index (χ1v) is 5.91. The second-order valence-electron chi connectivity index (χ2n) is 4.48. The van der Waals surface area contributed by atoms with Gasteiger partial charge in [0.1, 0.15) is 5.69 Å². The number of hydrogen-bond donors (Lipinski definition) is 2. The van der Waals surface area contributed by atoms with Crippen LogP contribution in [-0.4, -0.2) is 10.5 Å². The van der Waals surface area contributed by atoms with E-state index < -0.39 is 0 Å². The lowest BCUT2D eigenvalue weighted by atomic mass is 10.3. The van der Waals surface area contributed by atoms with Crippen molar-refractivity contribution < 1.29 is 4.79 Å². The lowest BCUT2D eigenvalue weighted by Crippen LogP contribution is -2.17. The zero-order valence-corrected chi connectivity index (χ0v) is 10.6. The van der Waals surface area contributed by atoms with Crippen molar-refractivity contribution in [2.75, 3.05) is 11.1 Å². The summed E-state index contributed by atoms with van der Waals surface area (Å²) in [6.45, 7) is 4.03. The quantitative estimate of drug-likeness (QED) is 0.870. The molecule has 4 heteroatoms. The van der Waals surface area contributed by atoms with Crippen LogP contribution in [0.1, 0.15) is 30.4 Å². The van der Waals surface area contributed by atoms with Gasteiger partial charge in [0, 0.05) is 17.9 Å². The van der Waals surface area contributed by atoms with E-state index in [0.717, 1.165) is 5.69 Å². The fourth-order valence-corrected chi connectivity index (χ4v) is 1.83. The second kappa shape index (κ2) is 4.96. The SMILES string of the molecule is CC(C)n1cc(N)cc1C(=O)Nc1ccccc1. The minimum absolute atomic E-state index is 0.147. The van der Waals surface area contributed by atoms with E-state index in [1.807, 2.05) is 48.7 Å². The van der Waals surface area contributed by atoms with E-state index in [0.29, 0.717) is 11.4 Å². The van der Waals surface area contributed by atoms with E-state index in [1.54, 1.807) is 12.3 Å². The Balaban J connectivity index is 2.24. The maximum absolute atomic E-state index is 12.2. The van der Waals surface area contributed by atoms with E-state index in [2.05, 4.69) is 5.32 Å². The summed E-state index contributed by atoms with van der Waals surface area (Å²) < 4.78 is 1.87. The highest BCUT2D eigenvalue weighted by Crippen LogP contribution is 2.18. The molecule has 2 aromatic rings. The molecule has 0 radical (unpaired) electrons. The Labute approximate surface area is 106 Å². The number of aromatic nitrogens is 1. The van der Waals surface area contributed by atoms with Crippen molar-refractivity contribution in [2.24, 2.45) is 0 Å². The molecule has 0 unspecified atom stereocenters. The zero-order valence-electron chi connectivity index (χ0n) is 10.6. The van der Waals surface area contributed by atoms with Crippen LogP contribution in [0.4, 0.5) is 11.4 Å². The molecule has 1 aromatic heterocycles. The molecule has 0 fully saturated rings. The van der Waals surface area contributed by atoms with Gasteiger partial charge in [0.05, 0.1) is 5.69 Å². The molecule has 18 heavy (non-hydrogen) atoms. The Hall–Kier alpha value is -2.23. The van der Waals surface area contributed by atoms with Crippen molar-refractivity contribution in [3.05, 3.63) is 48.3 Å². The molecule has 1 heterocycles. The van der Waals surface area contributed by atoms with Crippen molar-refractivity contribution in [3.63, 3.8) is 0 Å². The number of carbonyl (C=O) groups is 1. The average Bonchev–Trinajstić information content (AvgIpc) is 2.73. The molecule has 0 atom stereocenters. The van der Waals surface area contributed by atoms with Gasteiger partial charge in [-0.3, -0.25) is 4.79 Å². The Morgan fingerprint density at radius 1 is 1.28 bits per heavy atom. The van der Waals surface area contributed by atoms with E-state index in [4.69, 9.17) is 5.73 Å². The molecular formula is C14H17N3O. The molecule has 1 amide bonds. The van der Waals surface area contributed by atoms with Gasteiger partial charge in [-0.25, -0.2) is 0 Å². The van der Waals surface area contributed by atoms with Crippen LogP contribution in [0.25, 0.3) is 0 Å². The van der Waals surface area contributed by atoms with Crippen molar-refractivity contribution in [2.45, 2.75) is 19.9 Å². The lowest BCUT2D eigenvalue weighted by Gasteiger charge is -2.12. The second-order valence-corrected chi connectivity index (χ2v) is 4.48. The lowest BCUT2D eigenvalue weighted by molar-refractivity contribution is 0.101. The number of nitrogens with one attached hydrogen (secondary N) is 1. The van der Waals surface area contributed by atoms with Gasteiger partial charge in [0.2, 0.25) is 0 Å². The summed E-state index contributed by atoms with van der Waals surface area (Å²) in [7, 11) is 0. The summed E-state index contributed by atoms with van der Waals surface area (Å²) in [6.07, 6.45) is 1.78. The number of amides is 1. The standard InChI is InChI=1S/C14H17N3O/c1-10(2)17-9-11(15)8-13(17)14(18)16-12-6-4-3-5-7-12/h3-10H,15H2,1-2H3,(H,16,18). The molecule has 0 spiro atoms. The van der Waals surface area contributed by atoms with Crippen LogP contribution in [0.5, 0.6) is 0 Å². The highest BCUT2D eigenvalue weighted by molar-refractivity contribution is 6.03. The molecule has 0 saturated heterocycles. The molecule has 0 saturated carbocycles. The van der Waals surface area contributed by atoms with Crippen LogP contribution in [0.15, 0.2) is 42.6 Å². The predicted octanol–water partition coefficient (Wildman–Crippen LogP) is 2.90. The Morgan fingerprint density at radius 3 is 2.56 bits per heavy atom. The number of para-hydroxylation sites is 1. The fraction of sp³-hybridized carbons (Fsp3) is 0.214. The van der Waals surface area contributed by atoms with Gasteiger partial charge >= 0.3 is 0 Å². The summed E-state index contributed by atoms with van der Waals surface area (Å²) in [4.78, 5) is 12.2. The highest BCUT2D eigenvalue weighted by Gasteiger charge is 2.14. The van der Waals surface area contributed by atoms with Crippen molar-refractivity contribution in [1.82, 2.24) is 4.57 Å². The number of nitrogens with two attached hydrogens (primary N) is 1. The van der Waals surface area contributed by atoms with E-state index in [1.165, 1.54) is 0 Å². The minimum Gasteiger partial charge on any atom is -0.397 e. The van der Waals surface area contributed by atoms with E-state index >= 15 is 0 Å². The zero-order chi connectivity index (χ0) is 13.1. The number of carbonyl (C=O) groups excluding carboxylic acids is 1. The molecule has 0 bridgehead atoms. The van der Waals surface area contributed by atoms with Crippen molar-refractivity contribution in [3.8, 4) is 0 Å². The maximum atomic E-state index is 12.2. The van der Waals surface area contributed by atoms with E-state index in [-0.39, 0.29) is 11.9 Å². The number of nitrogen functional groups attached to an aromatic ring is 1. The highest BCUT2D eigenvalue weighted by atomic mass is 16.1. The molecule has 0 aliphatic carbocycles. The third-order valence-corrected chi connectivity index (χ3v) is 2.69. The molecule has 0 aliphatic rings. The van der Waals surface area contributed by atoms with Gasteiger partial charge in [0.25, 0.3) is 5.91 Å². The number of nitrogens with zero attached hydrogens (tertiary/aromatic N) is 1. The normalized spacial score (nSPS) is 10.6. The summed E-state index contributed by atoms with van der Waals surface area (Å²) in [5.41, 5.74) is 7.70. The Morgan fingerprint density at radius 2 is 1.94 bits per heavy atom. The number of hydrogen-bond acceptors (Lipinski definition) is 2. The fourth-order valence-electron chi connectivity index (χ4n) is 1.83. The molecule has 0 aliphatic heterocycles. The first kappa shape index (κ1) is 12.2. The first-order valence-electron chi connectivity index (χ1n) is 5.91. The van der Waals surface area contributed by atoms with Crippen LogP contribution in [-0.2, 0) is 0 Å². The smallest absolute Gasteiger partial charge is 0.272 e. The van der Waals surface area contributed by atoms with E-state index in [9.17, 15) is 4.79 Å². The monoisotopic (exact) mass is 243 g/mol. The molecule has 3 N–H and O–H groups in total. The topological polar surface area (TPSA) is 60.0 Å². The van der Waals surface area contributed by atoms with Crippen LogP contribution in [0.3, 0.4) is 0 Å². The van der Waals surface area contributed by atoms with Gasteiger partial charge in [-0.1, -0.05) is 18.2 Å². The molecule has 1 aromatic carbocycles. The molecule has 4 nitrogen and oxygen atoms in total. The molecule has 94 valence electrons. The first-order chi connectivity index (χ1) is 8.58. The summed E-state index contributed by atoms with van der Waals surface area (Å²) in [5, 5.41) is 2.85. The number of anilines is 2. The molecular weight excluding hydrogens is 226 g/mol. The van der Waals surface area contributed by atoms with Gasteiger partial charge < -0.3 is 15.6 Å². The maximum Gasteiger partial charge on any atom is 0.272 e. The third kappa shape index (κ3) is 2.53. The summed E-state index contributed by atoms with van der Waals surface area (Å²) in [5.74, 6) is -0.147. The number of benzene rings is 1. The van der Waals surface area contributed by atoms with Crippen LogP contribution >= 0.6 is 0 Å². The largest absolute Gasteiger partial charge is 0.397 e. The van der Waals surface area contributed by atoms with Crippen LogP contribution in [0.2, 0.25) is 0 Å². The summed E-state index contributed by atoms with van der Waals surface area (Å²) in [6, 6.07) is 11.3. The van der Waals surface area contributed by atoms with Crippen molar-refractivity contribution in [1.29, 1.82) is 0 Å². The van der Waals surface area contributed by atoms with Gasteiger partial charge in [0.15, 0.2) is 0 Å². The van der Waals surface area contributed by atoms with Crippen molar-refractivity contribution >= 4 is 17.3 Å². The number of rotatable bonds is 3. The van der Waals surface area contributed by atoms with Crippen LogP contribution < -0.4 is 11.1 Å². The Bertz CT molecular complexity index is 543. The predicted molar refractivity (Wildman–Crippen MR) is 73.6 cm³/mol. The molecule has 2 rings (SSSR count). The Kier molecular flexibility index (Phi) is 3.37. The van der Waals surface area contributed by atoms with Gasteiger partial charge in [-0.15, -0.1) is 0 Å². The van der Waals surface area contributed by atoms with Gasteiger partial charge in [-0.2, -0.15) is 0 Å². The van der Waals surface area contributed by atoms with Gasteiger partial charge in [-0.05, 0) is 32.0 Å². The third-order valence-electron chi connectivity index (χ3n) is 2.69.